The molecule has 7 rings (SSSR count). The van der Waals surface area contributed by atoms with E-state index in [9.17, 15) is 0 Å². The van der Waals surface area contributed by atoms with E-state index in [0.717, 1.165) is 0 Å². The van der Waals surface area contributed by atoms with Gasteiger partial charge in [0.2, 0.25) is 0 Å². The predicted octanol–water partition coefficient (Wildman–Crippen LogP) is 11.3. The van der Waals surface area contributed by atoms with Gasteiger partial charge in [0.05, 0.1) is 22.4 Å². The summed E-state index contributed by atoms with van der Waals surface area (Å²) < 4.78 is 2.38. The first-order chi connectivity index (χ1) is 19.6. The number of anilines is 2. The number of nitrogens with one attached hydrogen (secondary N) is 1. The molecule has 41 heavy (non-hydrogen) atoms. The number of fused-ring (bicyclic) bond motifs is 5. The van der Waals surface area contributed by atoms with Gasteiger partial charge in [-0.05, 0) is 76.1 Å². The highest BCUT2D eigenvalue weighted by Crippen LogP contribution is 2.50. The van der Waals surface area contributed by atoms with Gasteiger partial charge >= 0.3 is 0 Å². The van der Waals surface area contributed by atoms with E-state index in [0.29, 0.717) is 0 Å². The first-order valence-corrected chi connectivity index (χ1v) is 15.3. The second kappa shape index (κ2) is 9.29. The van der Waals surface area contributed by atoms with Crippen LogP contribution >= 0.6 is 11.8 Å². The molecule has 0 saturated carbocycles. The van der Waals surface area contributed by atoms with E-state index >= 15 is 0 Å². The van der Waals surface area contributed by atoms with Crippen molar-refractivity contribution in [3.8, 4) is 16.8 Å². The Balaban J connectivity index is 1.35. The van der Waals surface area contributed by atoms with Crippen LogP contribution in [0.4, 0.5) is 11.4 Å². The van der Waals surface area contributed by atoms with Crippen molar-refractivity contribution >= 4 is 44.9 Å². The Kier molecular flexibility index (Phi) is 5.89. The molecule has 0 saturated heterocycles. The smallest absolute Gasteiger partial charge is 0.0606 e. The lowest BCUT2D eigenvalue weighted by atomic mass is 9.84. The molecule has 0 bridgehead atoms. The molecule has 0 amide bonds. The summed E-state index contributed by atoms with van der Waals surface area (Å²) in [6, 6.07) is 38.1. The van der Waals surface area contributed by atoms with Crippen molar-refractivity contribution in [2.24, 2.45) is 0 Å². The van der Waals surface area contributed by atoms with Gasteiger partial charge in [0.25, 0.3) is 0 Å². The number of nitrogens with zero attached hydrogens (tertiary/aromatic N) is 1. The van der Waals surface area contributed by atoms with E-state index in [1.165, 1.54) is 70.9 Å². The van der Waals surface area contributed by atoms with Crippen LogP contribution in [0.1, 0.15) is 52.7 Å². The number of rotatable bonds is 2. The van der Waals surface area contributed by atoms with Crippen LogP contribution in [0.2, 0.25) is 0 Å². The summed E-state index contributed by atoms with van der Waals surface area (Å²) in [7, 11) is 0. The van der Waals surface area contributed by atoms with Gasteiger partial charge in [0.15, 0.2) is 0 Å². The van der Waals surface area contributed by atoms with Crippen LogP contribution in [0.5, 0.6) is 0 Å². The maximum absolute atomic E-state index is 3.83. The number of hydrogen-bond acceptors (Lipinski definition) is 2. The van der Waals surface area contributed by atoms with E-state index in [4.69, 9.17) is 0 Å². The molecule has 0 atom stereocenters. The second-order valence-corrected chi connectivity index (χ2v) is 14.3. The molecular formula is C38H36N2S. The Bertz CT molecular complexity index is 1890. The lowest BCUT2D eigenvalue weighted by Gasteiger charge is -2.29. The maximum Gasteiger partial charge on any atom is 0.0606 e. The average molecular weight is 553 g/mol. The normalized spacial score (nSPS) is 13.2. The largest absolute Gasteiger partial charge is 0.353 e. The van der Waals surface area contributed by atoms with Crippen molar-refractivity contribution in [3.05, 3.63) is 114 Å². The SMILES string of the molecule is CC(C)(C)c1ccc2c(c1)Sc1cc(C(C)(C)C)cc(-c3ccc(-n4c5ccccc5c5ccccc54)cc3)c1N2. The molecule has 1 aliphatic rings. The zero-order valence-corrected chi connectivity index (χ0v) is 25.5. The van der Waals surface area contributed by atoms with E-state index in [-0.39, 0.29) is 10.8 Å². The van der Waals surface area contributed by atoms with Gasteiger partial charge < -0.3 is 9.88 Å². The summed E-state index contributed by atoms with van der Waals surface area (Å²) >= 11 is 1.89. The summed E-state index contributed by atoms with van der Waals surface area (Å²) in [6.45, 7) is 13.7. The predicted molar refractivity (Wildman–Crippen MR) is 177 cm³/mol. The third kappa shape index (κ3) is 4.44. The molecule has 3 heteroatoms. The summed E-state index contributed by atoms with van der Waals surface area (Å²) in [5.41, 5.74) is 11.4. The Labute approximate surface area is 247 Å². The fourth-order valence-corrected chi connectivity index (χ4v) is 7.01. The molecule has 6 aromatic rings. The quantitative estimate of drug-likeness (QED) is 0.230. The fraction of sp³-hybridized carbons (Fsp3) is 0.211. The van der Waals surface area contributed by atoms with Crippen molar-refractivity contribution in [2.75, 3.05) is 5.32 Å². The summed E-state index contributed by atoms with van der Waals surface area (Å²) in [6.07, 6.45) is 0. The van der Waals surface area contributed by atoms with E-state index in [2.05, 4.69) is 155 Å². The zero-order chi connectivity index (χ0) is 28.5. The van der Waals surface area contributed by atoms with Gasteiger partial charge in [0, 0.05) is 31.8 Å². The standard InChI is InChI=1S/C38H36N2S/c1-37(2,3)25-17-20-31-34(22-25)41-35-23-26(38(4,5)6)21-30(36(35)39-31)24-15-18-27(19-16-24)40-32-13-9-7-11-28(32)29-12-8-10-14-33(29)40/h7-23,39H,1-6H3. The Morgan fingerprint density at radius 3 is 1.78 bits per heavy atom. The summed E-state index contributed by atoms with van der Waals surface area (Å²) in [5, 5.41) is 6.40. The molecule has 0 unspecified atom stereocenters. The number of benzene rings is 5. The lowest BCUT2D eigenvalue weighted by molar-refractivity contribution is 0.588. The molecule has 2 heterocycles. The average Bonchev–Trinajstić information content (AvgIpc) is 3.29. The van der Waals surface area contributed by atoms with Gasteiger partial charge in [0.1, 0.15) is 0 Å². The first kappa shape index (κ1) is 26.0. The number of aromatic nitrogens is 1. The molecule has 0 spiro atoms. The van der Waals surface area contributed by atoms with Crippen molar-refractivity contribution in [2.45, 2.75) is 62.2 Å². The molecule has 1 aliphatic heterocycles. The Hall–Kier alpha value is -3.95. The van der Waals surface area contributed by atoms with Crippen LogP contribution in [0.25, 0.3) is 38.6 Å². The molecule has 204 valence electrons. The molecule has 5 aromatic carbocycles. The highest BCUT2D eigenvalue weighted by atomic mass is 32.2. The minimum absolute atomic E-state index is 0.0424. The lowest BCUT2D eigenvalue weighted by Crippen LogP contribution is -2.14. The van der Waals surface area contributed by atoms with E-state index in [1.54, 1.807) is 0 Å². The highest BCUT2D eigenvalue weighted by molar-refractivity contribution is 7.99. The van der Waals surface area contributed by atoms with Crippen LogP contribution in [-0.2, 0) is 10.8 Å². The molecular weight excluding hydrogens is 516 g/mol. The van der Waals surface area contributed by atoms with Gasteiger partial charge in [-0.25, -0.2) is 0 Å². The summed E-state index contributed by atoms with van der Waals surface area (Å²) in [5.74, 6) is 0. The van der Waals surface area contributed by atoms with Crippen molar-refractivity contribution in [3.63, 3.8) is 0 Å². The van der Waals surface area contributed by atoms with Crippen molar-refractivity contribution in [1.82, 2.24) is 4.57 Å². The van der Waals surface area contributed by atoms with Crippen LogP contribution in [0.15, 0.2) is 113 Å². The third-order valence-corrected chi connectivity index (χ3v) is 9.41. The molecule has 2 nitrogen and oxygen atoms in total. The monoisotopic (exact) mass is 552 g/mol. The third-order valence-electron chi connectivity index (χ3n) is 8.31. The van der Waals surface area contributed by atoms with E-state index in [1.807, 2.05) is 11.8 Å². The Morgan fingerprint density at radius 1 is 0.585 bits per heavy atom. The van der Waals surface area contributed by atoms with Gasteiger partial charge in [-0.2, -0.15) is 0 Å². The van der Waals surface area contributed by atoms with Gasteiger partial charge in [-0.3, -0.25) is 0 Å². The minimum Gasteiger partial charge on any atom is -0.353 e. The fourth-order valence-electron chi connectivity index (χ4n) is 5.91. The highest BCUT2D eigenvalue weighted by Gasteiger charge is 2.25. The van der Waals surface area contributed by atoms with Gasteiger partial charge in [-0.15, -0.1) is 0 Å². The van der Waals surface area contributed by atoms with Crippen LogP contribution < -0.4 is 5.32 Å². The topological polar surface area (TPSA) is 17.0 Å². The number of para-hydroxylation sites is 2. The minimum atomic E-state index is 0.0424. The van der Waals surface area contributed by atoms with Gasteiger partial charge in [-0.1, -0.05) is 108 Å². The van der Waals surface area contributed by atoms with Crippen LogP contribution in [0, 0.1) is 0 Å². The van der Waals surface area contributed by atoms with Crippen molar-refractivity contribution in [1.29, 1.82) is 0 Å². The first-order valence-electron chi connectivity index (χ1n) is 14.4. The zero-order valence-electron chi connectivity index (χ0n) is 24.7. The van der Waals surface area contributed by atoms with E-state index < -0.39 is 0 Å². The number of hydrogen-bond donors (Lipinski definition) is 1. The molecule has 0 radical (unpaired) electrons. The summed E-state index contributed by atoms with van der Waals surface area (Å²) in [4.78, 5) is 2.58. The van der Waals surface area contributed by atoms with Crippen molar-refractivity contribution < 1.29 is 0 Å². The second-order valence-electron chi connectivity index (χ2n) is 13.3. The van der Waals surface area contributed by atoms with Crippen LogP contribution in [-0.4, -0.2) is 4.57 Å². The van der Waals surface area contributed by atoms with Crippen LogP contribution in [0.3, 0.4) is 0 Å². The maximum atomic E-state index is 3.83. The molecule has 1 aromatic heterocycles. The molecule has 1 N–H and O–H groups in total. The molecule has 0 aliphatic carbocycles. The molecule has 0 fully saturated rings. The Morgan fingerprint density at radius 2 is 1.17 bits per heavy atom.